The van der Waals surface area contributed by atoms with Gasteiger partial charge in [0.05, 0.1) is 0 Å². The lowest BCUT2D eigenvalue weighted by Gasteiger charge is -2.18. The standard InChI is InChI=1S/C15H16N6/c1-21(10-11-5-3-2-4-6-11)13-9-12(7-8-17-13)14-18-15(16)20-19-14/h2-9H,10H2,1H3,(H3,16,18,19,20). The van der Waals surface area contributed by atoms with Crippen molar-refractivity contribution in [2.24, 2.45) is 0 Å². The summed E-state index contributed by atoms with van der Waals surface area (Å²) in [7, 11) is 2.01. The Morgan fingerprint density at radius 3 is 2.71 bits per heavy atom. The average Bonchev–Trinajstić information content (AvgIpc) is 2.95. The van der Waals surface area contributed by atoms with Crippen LogP contribution in [0.4, 0.5) is 11.8 Å². The largest absolute Gasteiger partial charge is 0.366 e. The lowest BCUT2D eigenvalue weighted by atomic mass is 10.2. The van der Waals surface area contributed by atoms with Crippen LogP contribution in [-0.2, 0) is 6.54 Å². The Balaban J connectivity index is 1.82. The number of pyridine rings is 1. The fourth-order valence-corrected chi connectivity index (χ4v) is 2.12. The number of H-pyrrole nitrogens is 1. The van der Waals surface area contributed by atoms with Gasteiger partial charge in [0, 0.05) is 25.4 Å². The smallest absolute Gasteiger partial charge is 0.239 e. The van der Waals surface area contributed by atoms with Gasteiger partial charge in [-0.2, -0.15) is 4.98 Å². The Kier molecular flexibility index (Phi) is 3.51. The first-order valence-corrected chi connectivity index (χ1v) is 6.62. The molecule has 0 aliphatic carbocycles. The van der Waals surface area contributed by atoms with Crippen molar-refractivity contribution in [2.45, 2.75) is 6.54 Å². The topological polar surface area (TPSA) is 83.7 Å². The number of nitrogens with one attached hydrogen (secondary N) is 1. The number of aromatic nitrogens is 4. The van der Waals surface area contributed by atoms with Crippen molar-refractivity contribution in [1.82, 2.24) is 20.2 Å². The lowest BCUT2D eigenvalue weighted by molar-refractivity contribution is 0.898. The predicted octanol–water partition coefficient (Wildman–Crippen LogP) is 2.09. The number of anilines is 2. The Morgan fingerprint density at radius 2 is 2.00 bits per heavy atom. The van der Waals surface area contributed by atoms with Crippen molar-refractivity contribution in [3.05, 3.63) is 54.2 Å². The maximum atomic E-state index is 5.54. The van der Waals surface area contributed by atoms with Gasteiger partial charge in [0.25, 0.3) is 0 Å². The van der Waals surface area contributed by atoms with Crippen LogP contribution in [-0.4, -0.2) is 27.2 Å². The molecule has 0 aliphatic rings. The molecule has 6 nitrogen and oxygen atoms in total. The molecular weight excluding hydrogens is 264 g/mol. The fraction of sp³-hybridized carbons (Fsp3) is 0.133. The molecule has 3 aromatic rings. The SMILES string of the molecule is CN(Cc1ccccc1)c1cc(-c2nc(N)n[nH]2)ccn1. The predicted molar refractivity (Wildman–Crippen MR) is 82.6 cm³/mol. The first kappa shape index (κ1) is 13.1. The molecular formula is C15H16N6. The van der Waals surface area contributed by atoms with Gasteiger partial charge < -0.3 is 10.6 Å². The van der Waals surface area contributed by atoms with Crippen molar-refractivity contribution >= 4 is 11.8 Å². The molecule has 21 heavy (non-hydrogen) atoms. The van der Waals surface area contributed by atoms with E-state index in [-0.39, 0.29) is 5.95 Å². The molecule has 0 radical (unpaired) electrons. The van der Waals surface area contributed by atoms with Gasteiger partial charge in [-0.1, -0.05) is 30.3 Å². The quantitative estimate of drug-likeness (QED) is 0.764. The highest BCUT2D eigenvalue weighted by molar-refractivity contribution is 5.60. The number of hydrogen-bond acceptors (Lipinski definition) is 5. The molecule has 0 atom stereocenters. The Hall–Kier alpha value is -2.89. The molecule has 0 aliphatic heterocycles. The van der Waals surface area contributed by atoms with Crippen molar-refractivity contribution in [3.8, 4) is 11.4 Å². The molecule has 3 rings (SSSR count). The zero-order valence-corrected chi connectivity index (χ0v) is 11.7. The molecule has 0 spiro atoms. The summed E-state index contributed by atoms with van der Waals surface area (Å²) >= 11 is 0. The van der Waals surface area contributed by atoms with Crippen LogP contribution in [0.2, 0.25) is 0 Å². The molecule has 0 saturated carbocycles. The minimum absolute atomic E-state index is 0.237. The maximum absolute atomic E-state index is 5.54. The van der Waals surface area contributed by atoms with Crippen LogP contribution in [0, 0.1) is 0 Å². The minimum Gasteiger partial charge on any atom is -0.366 e. The Labute approximate surface area is 122 Å². The second kappa shape index (κ2) is 5.62. The van der Waals surface area contributed by atoms with Gasteiger partial charge in [-0.25, -0.2) is 4.98 Å². The van der Waals surface area contributed by atoms with Crippen LogP contribution in [0.3, 0.4) is 0 Å². The lowest BCUT2D eigenvalue weighted by Crippen LogP contribution is -2.17. The number of nitrogens with two attached hydrogens (primary N) is 1. The van der Waals surface area contributed by atoms with E-state index in [1.807, 2.05) is 37.4 Å². The second-order valence-corrected chi connectivity index (χ2v) is 4.79. The van der Waals surface area contributed by atoms with Crippen molar-refractivity contribution in [3.63, 3.8) is 0 Å². The van der Waals surface area contributed by atoms with Gasteiger partial charge in [0.2, 0.25) is 5.95 Å². The molecule has 106 valence electrons. The molecule has 2 aromatic heterocycles. The van der Waals surface area contributed by atoms with Crippen LogP contribution < -0.4 is 10.6 Å². The summed E-state index contributed by atoms with van der Waals surface area (Å²) in [5.41, 5.74) is 7.68. The number of nitrogen functional groups attached to an aromatic ring is 1. The van der Waals surface area contributed by atoms with E-state index < -0.39 is 0 Å². The summed E-state index contributed by atoms with van der Waals surface area (Å²) in [6.45, 7) is 0.788. The van der Waals surface area contributed by atoms with E-state index >= 15 is 0 Å². The number of benzene rings is 1. The van der Waals surface area contributed by atoms with Crippen molar-refractivity contribution in [2.75, 3.05) is 17.7 Å². The van der Waals surface area contributed by atoms with Gasteiger partial charge >= 0.3 is 0 Å². The van der Waals surface area contributed by atoms with Gasteiger partial charge in [-0.05, 0) is 17.7 Å². The van der Waals surface area contributed by atoms with Gasteiger partial charge in [0.1, 0.15) is 5.82 Å². The molecule has 6 heteroatoms. The molecule has 1 aromatic carbocycles. The number of hydrogen-bond donors (Lipinski definition) is 2. The Morgan fingerprint density at radius 1 is 1.19 bits per heavy atom. The fourth-order valence-electron chi connectivity index (χ4n) is 2.12. The van der Waals surface area contributed by atoms with Crippen LogP contribution >= 0.6 is 0 Å². The van der Waals surface area contributed by atoms with Crippen LogP contribution in [0.25, 0.3) is 11.4 Å². The van der Waals surface area contributed by atoms with Crippen LogP contribution in [0.1, 0.15) is 5.56 Å². The van der Waals surface area contributed by atoms with Crippen molar-refractivity contribution in [1.29, 1.82) is 0 Å². The number of rotatable bonds is 4. The van der Waals surface area contributed by atoms with Gasteiger partial charge in [-0.15, -0.1) is 5.10 Å². The van der Waals surface area contributed by atoms with E-state index in [9.17, 15) is 0 Å². The molecule has 0 amide bonds. The normalized spacial score (nSPS) is 10.5. The summed E-state index contributed by atoms with van der Waals surface area (Å²) in [5.74, 6) is 1.75. The summed E-state index contributed by atoms with van der Waals surface area (Å²) in [6.07, 6.45) is 1.75. The third-order valence-corrected chi connectivity index (χ3v) is 3.18. The molecule has 0 fully saturated rings. The van der Waals surface area contributed by atoms with Gasteiger partial charge in [0.15, 0.2) is 5.82 Å². The zero-order chi connectivity index (χ0) is 14.7. The molecule has 3 N–H and O–H groups in total. The summed E-state index contributed by atoms with van der Waals surface area (Å²) in [6, 6.07) is 14.1. The van der Waals surface area contributed by atoms with E-state index in [2.05, 4.69) is 37.2 Å². The summed E-state index contributed by atoms with van der Waals surface area (Å²) in [4.78, 5) is 10.6. The maximum Gasteiger partial charge on any atom is 0.239 e. The molecule has 0 bridgehead atoms. The molecule has 2 heterocycles. The molecule has 0 unspecified atom stereocenters. The molecule has 0 saturated heterocycles. The van der Waals surface area contributed by atoms with E-state index in [0.717, 1.165) is 17.9 Å². The average molecular weight is 280 g/mol. The second-order valence-electron chi connectivity index (χ2n) is 4.79. The first-order chi connectivity index (χ1) is 10.2. The number of aromatic amines is 1. The summed E-state index contributed by atoms with van der Waals surface area (Å²) in [5, 5.41) is 6.65. The highest BCUT2D eigenvalue weighted by atomic mass is 15.3. The van der Waals surface area contributed by atoms with E-state index in [1.54, 1.807) is 6.20 Å². The minimum atomic E-state index is 0.237. The monoisotopic (exact) mass is 280 g/mol. The van der Waals surface area contributed by atoms with Crippen LogP contribution in [0.15, 0.2) is 48.7 Å². The summed E-state index contributed by atoms with van der Waals surface area (Å²) < 4.78 is 0. The first-order valence-electron chi connectivity index (χ1n) is 6.62. The third-order valence-electron chi connectivity index (χ3n) is 3.18. The van der Waals surface area contributed by atoms with E-state index in [1.165, 1.54) is 5.56 Å². The zero-order valence-electron chi connectivity index (χ0n) is 11.7. The Bertz CT molecular complexity index is 722. The number of nitrogens with zero attached hydrogens (tertiary/aromatic N) is 4. The third kappa shape index (κ3) is 3.00. The van der Waals surface area contributed by atoms with Crippen molar-refractivity contribution < 1.29 is 0 Å². The highest BCUT2D eigenvalue weighted by Gasteiger charge is 2.08. The van der Waals surface area contributed by atoms with Crippen LogP contribution in [0.5, 0.6) is 0 Å². The highest BCUT2D eigenvalue weighted by Crippen LogP contribution is 2.20. The van der Waals surface area contributed by atoms with E-state index in [4.69, 9.17) is 5.73 Å². The van der Waals surface area contributed by atoms with Gasteiger partial charge in [-0.3, -0.25) is 5.10 Å². The van der Waals surface area contributed by atoms with E-state index in [0.29, 0.717) is 5.82 Å².